The predicted molar refractivity (Wildman–Crippen MR) is 122 cm³/mol. The van der Waals surface area contributed by atoms with Gasteiger partial charge in [0.1, 0.15) is 5.58 Å². The average molecular weight is 382 g/mol. The van der Waals surface area contributed by atoms with Gasteiger partial charge < -0.3 is 4.42 Å². The van der Waals surface area contributed by atoms with Gasteiger partial charge in [-0.15, -0.1) is 0 Å². The van der Waals surface area contributed by atoms with E-state index in [9.17, 15) is 0 Å². The highest BCUT2D eigenvalue weighted by Crippen LogP contribution is 2.47. The van der Waals surface area contributed by atoms with E-state index in [1.54, 1.807) is 0 Å². The van der Waals surface area contributed by atoms with Crippen molar-refractivity contribution in [3.8, 4) is 0 Å². The number of benzene rings is 3. The zero-order valence-electron chi connectivity index (χ0n) is 17.7. The summed E-state index contributed by atoms with van der Waals surface area (Å²) in [5, 5.41) is 1.26. The van der Waals surface area contributed by atoms with Crippen LogP contribution in [0.15, 0.2) is 59.0 Å². The highest BCUT2D eigenvalue weighted by atomic mass is 16.4. The third kappa shape index (κ3) is 2.95. The Morgan fingerprint density at radius 2 is 1.55 bits per heavy atom. The number of aryl methyl sites for hydroxylation is 6. The van der Waals surface area contributed by atoms with E-state index in [-0.39, 0.29) is 0 Å². The Hall–Kier alpha value is -3.00. The fraction of sp³-hybridized carbons (Fsp3) is 0.259. The molecule has 4 aromatic rings. The summed E-state index contributed by atoms with van der Waals surface area (Å²) in [5.41, 5.74) is 11.3. The van der Waals surface area contributed by atoms with Crippen molar-refractivity contribution in [3.05, 3.63) is 88.0 Å². The zero-order chi connectivity index (χ0) is 20.1. The number of para-hydroxylation sites is 1. The molecule has 0 fully saturated rings. The van der Waals surface area contributed by atoms with Gasteiger partial charge >= 0.3 is 0 Å². The van der Waals surface area contributed by atoms with Crippen molar-refractivity contribution < 1.29 is 4.42 Å². The van der Waals surface area contributed by atoms with E-state index in [1.165, 1.54) is 50.1 Å². The van der Waals surface area contributed by atoms with Crippen LogP contribution in [0.3, 0.4) is 0 Å². The van der Waals surface area contributed by atoms with Gasteiger partial charge in [-0.2, -0.15) is 0 Å². The second kappa shape index (κ2) is 6.81. The van der Waals surface area contributed by atoms with Crippen molar-refractivity contribution in [1.82, 2.24) is 0 Å². The lowest BCUT2D eigenvalue weighted by Crippen LogP contribution is -2.17. The van der Waals surface area contributed by atoms with Crippen LogP contribution in [0.5, 0.6) is 0 Å². The summed E-state index contributed by atoms with van der Waals surface area (Å²) in [6, 6.07) is 19.9. The fourth-order valence-corrected chi connectivity index (χ4v) is 4.92. The third-order valence-electron chi connectivity index (χ3n) is 6.09. The standard InChI is InChI=1S/C27H27NO/c1-17-12-13-25-23(16-17)22-10-7-9-21-8-5-6-11-24(21)28(27(22)29-25)26-19(3)14-18(2)15-20(26)4/h5-6,8,11-16H,7,9-10H2,1-4H3. The van der Waals surface area contributed by atoms with Gasteiger partial charge in [0.2, 0.25) is 5.88 Å². The van der Waals surface area contributed by atoms with Gasteiger partial charge in [0, 0.05) is 10.9 Å². The Morgan fingerprint density at radius 1 is 0.793 bits per heavy atom. The maximum atomic E-state index is 6.57. The molecule has 0 saturated heterocycles. The lowest BCUT2D eigenvalue weighted by atomic mass is 9.96. The first kappa shape index (κ1) is 18.1. The largest absolute Gasteiger partial charge is 0.439 e. The van der Waals surface area contributed by atoms with Gasteiger partial charge in [-0.3, -0.25) is 4.90 Å². The molecule has 1 aliphatic rings. The normalized spacial score (nSPS) is 13.7. The monoisotopic (exact) mass is 381 g/mol. The molecule has 0 radical (unpaired) electrons. The molecule has 0 spiro atoms. The maximum Gasteiger partial charge on any atom is 0.209 e. The summed E-state index contributed by atoms with van der Waals surface area (Å²) in [7, 11) is 0. The smallest absolute Gasteiger partial charge is 0.209 e. The van der Waals surface area contributed by atoms with E-state index in [0.717, 1.165) is 30.7 Å². The van der Waals surface area contributed by atoms with Gasteiger partial charge in [-0.25, -0.2) is 0 Å². The number of anilines is 3. The van der Waals surface area contributed by atoms with Crippen LogP contribution < -0.4 is 4.90 Å². The van der Waals surface area contributed by atoms with Crippen molar-refractivity contribution >= 4 is 28.2 Å². The highest BCUT2D eigenvalue weighted by Gasteiger charge is 2.28. The van der Waals surface area contributed by atoms with Gasteiger partial charge in [0.15, 0.2) is 0 Å². The van der Waals surface area contributed by atoms with Crippen LogP contribution in [0, 0.1) is 27.7 Å². The quantitative estimate of drug-likeness (QED) is 0.337. The lowest BCUT2D eigenvalue weighted by Gasteiger charge is -2.30. The summed E-state index contributed by atoms with van der Waals surface area (Å²) < 4.78 is 6.57. The lowest BCUT2D eigenvalue weighted by molar-refractivity contribution is 0.610. The minimum Gasteiger partial charge on any atom is -0.439 e. The molecule has 5 rings (SSSR count). The summed E-state index contributed by atoms with van der Waals surface area (Å²) >= 11 is 0. The molecule has 2 nitrogen and oxygen atoms in total. The first-order valence-corrected chi connectivity index (χ1v) is 10.5. The molecule has 0 saturated carbocycles. The number of nitrogens with zero attached hydrogens (tertiary/aromatic N) is 1. The number of rotatable bonds is 1. The predicted octanol–water partition coefficient (Wildman–Crippen LogP) is 7.62. The third-order valence-corrected chi connectivity index (χ3v) is 6.09. The van der Waals surface area contributed by atoms with Gasteiger partial charge in [-0.05, 0) is 81.8 Å². The van der Waals surface area contributed by atoms with E-state index in [2.05, 4.69) is 87.2 Å². The first-order chi connectivity index (χ1) is 14.0. The molecule has 0 amide bonds. The van der Waals surface area contributed by atoms with Crippen molar-refractivity contribution in [2.75, 3.05) is 4.90 Å². The SMILES string of the molecule is Cc1cc(C)c(N2c3ccccc3CCCc3c2oc2ccc(C)cc32)c(C)c1. The molecule has 1 aromatic heterocycles. The number of hydrogen-bond acceptors (Lipinski definition) is 2. The fourth-order valence-electron chi connectivity index (χ4n) is 4.92. The Labute approximate surface area is 172 Å². The van der Waals surface area contributed by atoms with Crippen LogP contribution >= 0.6 is 0 Å². The molecule has 0 aliphatic carbocycles. The number of furan rings is 1. The van der Waals surface area contributed by atoms with Gasteiger partial charge in [0.05, 0.1) is 11.4 Å². The van der Waals surface area contributed by atoms with Crippen LogP contribution in [-0.2, 0) is 12.8 Å². The second-order valence-electron chi connectivity index (χ2n) is 8.45. The van der Waals surface area contributed by atoms with E-state index < -0.39 is 0 Å². The topological polar surface area (TPSA) is 16.4 Å². The van der Waals surface area contributed by atoms with Crippen LogP contribution in [0.25, 0.3) is 11.0 Å². The molecule has 3 aromatic carbocycles. The molecule has 2 heteroatoms. The van der Waals surface area contributed by atoms with Crippen molar-refractivity contribution in [3.63, 3.8) is 0 Å². The minimum absolute atomic E-state index is 0.979. The molecule has 29 heavy (non-hydrogen) atoms. The van der Waals surface area contributed by atoms with Crippen LogP contribution in [-0.4, -0.2) is 0 Å². The Kier molecular flexibility index (Phi) is 4.24. The average Bonchev–Trinajstić information content (AvgIpc) is 3.00. The number of hydrogen-bond donors (Lipinski definition) is 0. The Bertz CT molecular complexity index is 1210. The first-order valence-electron chi connectivity index (χ1n) is 10.5. The molecular formula is C27H27NO. The van der Waals surface area contributed by atoms with Gasteiger partial charge in [-0.1, -0.05) is 47.5 Å². The summed E-state index contributed by atoms with van der Waals surface area (Å²) in [5.74, 6) is 0.979. The summed E-state index contributed by atoms with van der Waals surface area (Å²) in [4.78, 5) is 2.38. The van der Waals surface area contributed by atoms with Crippen LogP contribution in [0.4, 0.5) is 17.3 Å². The molecule has 1 aliphatic heterocycles. The maximum absolute atomic E-state index is 6.57. The van der Waals surface area contributed by atoms with Crippen molar-refractivity contribution in [1.29, 1.82) is 0 Å². The Balaban J connectivity index is 1.87. The minimum atomic E-state index is 0.979. The van der Waals surface area contributed by atoms with Crippen LogP contribution in [0.2, 0.25) is 0 Å². The highest BCUT2D eigenvalue weighted by molar-refractivity contribution is 5.92. The molecule has 0 N–H and O–H groups in total. The molecule has 0 unspecified atom stereocenters. The van der Waals surface area contributed by atoms with E-state index in [0.29, 0.717) is 0 Å². The summed E-state index contributed by atoms with van der Waals surface area (Å²) in [6.07, 6.45) is 3.24. The summed E-state index contributed by atoms with van der Waals surface area (Å²) in [6.45, 7) is 8.75. The zero-order valence-corrected chi connectivity index (χ0v) is 17.7. The number of fused-ring (bicyclic) bond motifs is 4. The molecule has 146 valence electrons. The molecule has 2 heterocycles. The van der Waals surface area contributed by atoms with E-state index >= 15 is 0 Å². The van der Waals surface area contributed by atoms with E-state index in [1.807, 2.05) is 0 Å². The molecule has 0 atom stereocenters. The Morgan fingerprint density at radius 3 is 2.34 bits per heavy atom. The second-order valence-corrected chi connectivity index (χ2v) is 8.45. The van der Waals surface area contributed by atoms with Crippen molar-refractivity contribution in [2.24, 2.45) is 0 Å². The van der Waals surface area contributed by atoms with E-state index in [4.69, 9.17) is 4.42 Å². The van der Waals surface area contributed by atoms with Gasteiger partial charge in [0.25, 0.3) is 0 Å². The molecular weight excluding hydrogens is 354 g/mol. The van der Waals surface area contributed by atoms with Crippen LogP contribution in [0.1, 0.15) is 39.8 Å². The van der Waals surface area contributed by atoms with Crippen molar-refractivity contribution in [2.45, 2.75) is 47.0 Å². The molecule has 0 bridgehead atoms.